The van der Waals surface area contributed by atoms with E-state index in [1.54, 1.807) is 18.2 Å². The van der Waals surface area contributed by atoms with Gasteiger partial charge in [0.05, 0.1) is 5.60 Å². The predicted molar refractivity (Wildman–Crippen MR) is 146 cm³/mol. The van der Waals surface area contributed by atoms with Crippen molar-refractivity contribution < 1.29 is 19.4 Å². The third-order valence-electron chi connectivity index (χ3n) is 9.17. The van der Waals surface area contributed by atoms with E-state index in [1.807, 2.05) is 24.3 Å². The average molecular weight is 558 g/mol. The van der Waals surface area contributed by atoms with Gasteiger partial charge in [0.2, 0.25) is 5.91 Å². The average Bonchev–Trinajstić information content (AvgIpc) is 3.22. The van der Waals surface area contributed by atoms with Crippen LogP contribution >= 0.6 is 23.2 Å². The van der Waals surface area contributed by atoms with Crippen LogP contribution in [-0.4, -0.2) is 46.6 Å². The number of carbonyl (C=O) groups is 2. The molecule has 1 aliphatic heterocycles. The summed E-state index contributed by atoms with van der Waals surface area (Å²) in [7, 11) is 0. The lowest BCUT2D eigenvalue weighted by molar-refractivity contribution is -0.168. The fourth-order valence-electron chi connectivity index (χ4n) is 7.76. The molecule has 2 aromatic rings. The standard InChI is InChI=1S/C30H34Cl2N2O4/c31-24-4-1-18(2-5-24)16-33-27(35)17-38-25-6-3-20(26(32)12-25)11-21-7-8-34(29(21)36)28-22-9-19-10-23(28)15-30(37,13-19)14-22/h1-6,12,19,21-23,28,37H,7-11,13-17H2,(H,33,35). The predicted octanol–water partition coefficient (Wildman–Crippen LogP) is 5.02. The molecule has 2 amide bonds. The molecule has 0 spiro atoms. The summed E-state index contributed by atoms with van der Waals surface area (Å²) in [5, 5.41) is 15.0. The largest absolute Gasteiger partial charge is 0.484 e. The smallest absolute Gasteiger partial charge is 0.258 e. The van der Waals surface area contributed by atoms with Crippen molar-refractivity contribution in [3.63, 3.8) is 0 Å². The molecule has 5 aliphatic rings. The Morgan fingerprint density at radius 1 is 1.08 bits per heavy atom. The van der Waals surface area contributed by atoms with E-state index in [0.717, 1.165) is 56.2 Å². The Balaban J connectivity index is 1.01. The van der Waals surface area contributed by atoms with Gasteiger partial charge in [-0.15, -0.1) is 0 Å². The number of ether oxygens (including phenoxy) is 1. The van der Waals surface area contributed by atoms with Crippen LogP contribution in [0.5, 0.6) is 5.75 Å². The number of benzene rings is 2. The number of hydrogen-bond donors (Lipinski definition) is 2. The molecule has 7 rings (SSSR count). The second kappa shape index (κ2) is 10.4. The van der Waals surface area contributed by atoms with Crippen molar-refractivity contribution in [3.8, 4) is 5.75 Å². The summed E-state index contributed by atoms with van der Waals surface area (Å²) in [6.45, 7) is 1.09. The second-order valence-corrected chi connectivity index (χ2v) is 12.7. The summed E-state index contributed by atoms with van der Waals surface area (Å²) in [4.78, 5) is 27.8. The van der Waals surface area contributed by atoms with Crippen molar-refractivity contribution in [2.75, 3.05) is 13.2 Å². The Kier molecular flexibility index (Phi) is 7.08. The maximum atomic E-state index is 13.5. The minimum absolute atomic E-state index is 0.0711. The first kappa shape index (κ1) is 26.0. The first-order chi connectivity index (χ1) is 18.3. The molecule has 0 radical (unpaired) electrons. The number of rotatable bonds is 8. The van der Waals surface area contributed by atoms with E-state index in [0.29, 0.717) is 52.6 Å². The summed E-state index contributed by atoms with van der Waals surface area (Å²) >= 11 is 12.5. The summed E-state index contributed by atoms with van der Waals surface area (Å²) < 4.78 is 5.65. The summed E-state index contributed by atoms with van der Waals surface area (Å²) in [5.41, 5.74) is 1.39. The van der Waals surface area contributed by atoms with Crippen LogP contribution in [0.4, 0.5) is 0 Å². The molecule has 38 heavy (non-hydrogen) atoms. The zero-order valence-electron chi connectivity index (χ0n) is 21.4. The Labute approximate surface area is 233 Å². The molecule has 3 atom stereocenters. The molecule has 4 saturated carbocycles. The first-order valence-electron chi connectivity index (χ1n) is 13.7. The number of aliphatic hydroxyl groups is 1. The Morgan fingerprint density at radius 3 is 2.50 bits per heavy atom. The summed E-state index contributed by atoms with van der Waals surface area (Å²) in [6.07, 6.45) is 6.41. The number of nitrogens with one attached hydrogen (secondary N) is 1. The monoisotopic (exact) mass is 556 g/mol. The zero-order chi connectivity index (χ0) is 26.4. The molecule has 202 valence electrons. The van der Waals surface area contributed by atoms with Gasteiger partial charge in [-0.1, -0.05) is 41.4 Å². The zero-order valence-corrected chi connectivity index (χ0v) is 22.9. The van der Waals surface area contributed by atoms with Crippen molar-refractivity contribution in [1.29, 1.82) is 0 Å². The van der Waals surface area contributed by atoms with Crippen LogP contribution < -0.4 is 10.1 Å². The van der Waals surface area contributed by atoms with E-state index in [1.165, 1.54) is 0 Å². The topological polar surface area (TPSA) is 78.9 Å². The molecule has 4 aliphatic carbocycles. The van der Waals surface area contributed by atoms with Gasteiger partial charge in [0, 0.05) is 35.1 Å². The van der Waals surface area contributed by atoms with Gasteiger partial charge < -0.3 is 20.1 Å². The Bertz CT molecular complexity index is 1200. The molecule has 0 aromatic heterocycles. The number of nitrogens with zero attached hydrogens (tertiary/aromatic N) is 1. The fraction of sp³-hybridized carbons (Fsp3) is 0.533. The third-order valence-corrected chi connectivity index (χ3v) is 9.77. The van der Waals surface area contributed by atoms with Gasteiger partial charge in [-0.05, 0) is 98.1 Å². The normalized spacial score (nSPS) is 31.6. The number of amides is 2. The van der Waals surface area contributed by atoms with E-state index < -0.39 is 5.60 Å². The molecule has 8 heteroatoms. The van der Waals surface area contributed by atoms with Gasteiger partial charge in [0.25, 0.3) is 5.91 Å². The van der Waals surface area contributed by atoms with E-state index in [9.17, 15) is 14.7 Å². The maximum absolute atomic E-state index is 13.5. The highest BCUT2D eigenvalue weighted by Gasteiger charge is 2.57. The van der Waals surface area contributed by atoms with E-state index in [-0.39, 0.29) is 24.3 Å². The van der Waals surface area contributed by atoms with Crippen LogP contribution in [0.25, 0.3) is 0 Å². The lowest BCUT2D eigenvalue weighted by atomic mass is 9.52. The van der Waals surface area contributed by atoms with Crippen LogP contribution in [0.2, 0.25) is 10.0 Å². The van der Waals surface area contributed by atoms with Crippen LogP contribution in [0.1, 0.15) is 49.7 Å². The van der Waals surface area contributed by atoms with E-state index >= 15 is 0 Å². The van der Waals surface area contributed by atoms with Crippen molar-refractivity contribution in [3.05, 3.63) is 63.6 Å². The number of hydrogen-bond acceptors (Lipinski definition) is 4. The fourth-order valence-corrected chi connectivity index (χ4v) is 8.14. The lowest BCUT2D eigenvalue weighted by Crippen LogP contribution is -2.62. The Morgan fingerprint density at radius 2 is 1.82 bits per heavy atom. The van der Waals surface area contributed by atoms with Crippen molar-refractivity contribution in [2.45, 2.75) is 63.1 Å². The van der Waals surface area contributed by atoms with Crippen molar-refractivity contribution in [1.82, 2.24) is 10.2 Å². The van der Waals surface area contributed by atoms with Crippen molar-refractivity contribution in [2.24, 2.45) is 23.7 Å². The molecule has 5 fully saturated rings. The van der Waals surface area contributed by atoms with Crippen LogP contribution in [-0.2, 0) is 22.6 Å². The molecule has 3 unspecified atom stereocenters. The number of carbonyl (C=O) groups excluding carboxylic acids is 2. The number of halogens is 2. The van der Waals surface area contributed by atoms with Gasteiger partial charge in [-0.3, -0.25) is 9.59 Å². The summed E-state index contributed by atoms with van der Waals surface area (Å²) in [5.74, 6) is 1.98. The van der Waals surface area contributed by atoms with E-state index in [4.69, 9.17) is 27.9 Å². The molecule has 6 nitrogen and oxygen atoms in total. The third kappa shape index (κ3) is 5.28. The minimum atomic E-state index is -0.482. The van der Waals surface area contributed by atoms with Crippen LogP contribution in [0.15, 0.2) is 42.5 Å². The molecule has 2 aromatic carbocycles. The van der Waals surface area contributed by atoms with Crippen molar-refractivity contribution >= 4 is 35.0 Å². The molecular formula is C30H34Cl2N2O4. The van der Waals surface area contributed by atoms with Gasteiger partial charge in [0.1, 0.15) is 5.75 Å². The quantitative estimate of drug-likeness (QED) is 0.478. The van der Waals surface area contributed by atoms with Gasteiger partial charge in [-0.25, -0.2) is 0 Å². The molecule has 1 saturated heterocycles. The van der Waals surface area contributed by atoms with E-state index in [2.05, 4.69) is 10.2 Å². The maximum Gasteiger partial charge on any atom is 0.258 e. The molecule has 2 N–H and O–H groups in total. The van der Waals surface area contributed by atoms with Gasteiger partial charge >= 0.3 is 0 Å². The molecule has 4 bridgehead atoms. The first-order valence-corrected chi connectivity index (χ1v) is 14.5. The SMILES string of the molecule is O=C(COc1ccc(CC2CCN(C3C4CC5CC3CC(O)(C5)C4)C2=O)c(Cl)c1)NCc1ccc(Cl)cc1. The second-order valence-electron chi connectivity index (χ2n) is 11.9. The highest BCUT2D eigenvalue weighted by Crippen LogP contribution is 2.57. The lowest BCUT2D eigenvalue weighted by Gasteiger charge is -2.59. The Hall–Kier alpha value is -2.28. The summed E-state index contributed by atoms with van der Waals surface area (Å²) in [6, 6.07) is 13.0. The van der Waals surface area contributed by atoms with Gasteiger partial charge in [0.15, 0.2) is 6.61 Å². The van der Waals surface area contributed by atoms with Crippen LogP contribution in [0.3, 0.4) is 0 Å². The molecular weight excluding hydrogens is 523 g/mol. The molecule has 1 heterocycles. The minimum Gasteiger partial charge on any atom is -0.484 e. The number of likely N-dealkylation sites (tertiary alicyclic amines) is 1. The highest BCUT2D eigenvalue weighted by atomic mass is 35.5. The highest BCUT2D eigenvalue weighted by molar-refractivity contribution is 6.31. The van der Waals surface area contributed by atoms with Gasteiger partial charge in [-0.2, -0.15) is 0 Å². The van der Waals surface area contributed by atoms with Crippen LogP contribution in [0, 0.1) is 23.7 Å².